The molecule has 5 aliphatic rings. The number of hydrogen-bond donors (Lipinski definition) is 2. The maximum Gasteiger partial charge on any atom is 0.0987 e. The van der Waals surface area contributed by atoms with Crippen LogP contribution in [0, 0.1) is 23.7 Å². The van der Waals surface area contributed by atoms with Gasteiger partial charge < -0.3 is 10.3 Å². The molecule has 0 radical (unpaired) electrons. The summed E-state index contributed by atoms with van der Waals surface area (Å²) in [5.74, 6) is 2.19. The number of oxime groups is 1. The second-order valence-corrected chi connectivity index (χ2v) is 4.81. The van der Waals surface area contributed by atoms with Gasteiger partial charge in [0, 0.05) is 5.92 Å². The van der Waals surface area contributed by atoms with E-state index in [2.05, 4.69) is 5.16 Å². The molecule has 5 atom stereocenters. The standard InChI is InChI=1S/C10H15NO2/c12-10-8-4-5-1-2-6(8)3-7(5)9(10)11-13/h5-8,10,12-13H,1-4H2/t5-,6+,7-,8+,10+/m1/s1. The van der Waals surface area contributed by atoms with Crippen molar-refractivity contribution in [3.63, 3.8) is 0 Å². The Labute approximate surface area is 77.4 Å². The van der Waals surface area contributed by atoms with Crippen LogP contribution in [0.15, 0.2) is 5.16 Å². The maximum atomic E-state index is 9.89. The number of hydrogen-bond acceptors (Lipinski definition) is 3. The van der Waals surface area contributed by atoms with Gasteiger partial charge in [-0.25, -0.2) is 0 Å². The molecule has 5 rings (SSSR count). The first-order valence-electron chi connectivity index (χ1n) is 5.21. The van der Waals surface area contributed by atoms with E-state index in [4.69, 9.17) is 5.21 Å². The SMILES string of the molecule is ON=C1[C@@H](O)[C@H]2C[C@H]3CC[C@H]2C[C@@H]13. The smallest absolute Gasteiger partial charge is 0.0987 e. The summed E-state index contributed by atoms with van der Waals surface area (Å²) in [5, 5.41) is 22.0. The molecule has 4 bridgehead atoms. The van der Waals surface area contributed by atoms with Crippen molar-refractivity contribution in [3.05, 3.63) is 0 Å². The number of aliphatic hydroxyl groups excluding tert-OH is 1. The van der Waals surface area contributed by atoms with Gasteiger partial charge in [-0.05, 0) is 43.4 Å². The zero-order chi connectivity index (χ0) is 9.00. The molecule has 5 saturated carbocycles. The van der Waals surface area contributed by atoms with Gasteiger partial charge in [0.15, 0.2) is 0 Å². The highest BCUT2D eigenvalue weighted by molar-refractivity contribution is 5.92. The summed E-state index contributed by atoms with van der Waals surface area (Å²) in [6.45, 7) is 0. The van der Waals surface area contributed by atoms with Crippen LogP contribution in [-0.2, 0) is 0 Å². The van der Waals surface area contributed by atoms with E-state index in [0.29, 0.717) is 29.4 Å². The number of fused-ring (bicyclic) bond motifs is 2. The molecule has 0 heterocycles. The third-order valence-corrected chi connectivity index (χ3v) is 4.42. The Hall–Kier alpha value is -0.570. The van der Waals surface area contributed by atoms with Gasteiger partial charge in [0.05, 0.1) is 11.8 Å². The Bertz CT molecular complexity index is 264. The Kier molecular flexibility index (Phi) is 1.48. The predicted molar refractivity (Wildman–Crippen MR) is 47.7 cm³/mol. The number of rotatable bonds is 0. The first-order chi connectivity index (χ1) is 6.31. The lowest BCUT2D eigenvalue weighted by Crippen LogP contribution is -2.56. The summed E-state index contributed by atoms with van der Waals surface area (Å²) in [4.78, 5) is 0. The monoisotopic (exact) mass is 181 g/mol. The molecular weight excluding hydrogens is 166 g/mol. The van der Waals surface area contributed by atoms with Crippen molar-refractivity contribution < 1.29 is 10.3 Å². The third-order valence-electron chi connectivity index (χ3n) is 4.42. The van der Waals surface area contributed by atoms with Crippen LogP contribution in [0.3, 0.4) is 0 Å². The van der Waals surface area contributed by atoms with Crippen LogP contribution in [0.5, 0.6) is 0 Å². The molecule has 0 aromatic heterocycles. The van der Waals surface area contributed by atoms with Crippen LogP contribution in [0.25, 0.3) is 0 Å². The lowest BCUT2D eigenvalue weighted by atomic mass is 9.51. The van der Waals surface area contributed by atoms with E-state index in [9.17, 15) is 5.11 Å². The average molecular weight is 181 g/mol. The molecule has 0 unspecified atom stereocenters. The highest BCUT2D eigenvalue weighted by Crippen LogP contribution is 2.54. The zero-order valence-corrected chi connectivity index (χ0v) is 7.56. The van der Waals surface area contributed by atoms with Gasteiger partial charge in [-0.2, -0.15) is 0 Å². The van der Waals surface area contributed by atoms with Crippen molar-refractivity contribution in [2.75, 3.05) is 0 Å². The van der Waals surface area contributed by atoms with Crippen molar-refractivity contribution in [3.8, 4) is 0 Å². The van der Waals surface area contributed by atoms with E-state index in [1.54, 1.807) is 0 Å². The van der Waals surface area contributed by atoms with Gasteiger partial charge in [-0.15, -0.1) is 0 Å². The summed E-state index contributed by atoms with van der Waals surface area (Å²) >= 11 is 0. The zero-order valence-electron chi connectivity index (χ0n) is 7.56. The molecule has 0 spiro atoms. The van der Waals surface area contributed by atoms with Crippen molar-refractivity contribution in [1.29, 1.82) is 0 Å². The molecule has 0 aliphatic heterocycles. The summed E-state index contributed by atoms with van der Waals surface area (Å²) in [5.41, 5.74) is 0.678. The van der Waals surface area contributed by atoms with E-state index >= 15 is 0 Å². The molecule has 72 valence electrons. The fourth-order valence-corrected chi connectivity index (χ4v) is 3.80. The maximum absolute atomic E-state index is 9.89. The minimum Gasteiger partial charge on any atom is -0.411 e. The van der Waals surface area contributed by atoms with E-state index in [-0.39, 0.29) is 0 Å². The molecule has 13 heavy (non-hydrogen) atoms. The Balaban J connectivity index is 2.00. The lowest BCUT2D eigenvalue weighted by molar-refractivity contribution is -0.0258. The van der Waals surface area contributed by atoms with Gasteiger partial charge in [-0.1, -0.05) is 5.16 Å². The minimum absolute atomic E-state index is 0.392. The molecule has 5 fully saturated rings. The van der Waals surface area contributed by atoms with Crippen LogP contribution in [0.1, 0.15) is 25.7 Å². The van der Waals surface area contributed by atoms with Gasteiger partial charge in [0.2, 0.25) is 0 Å². The molecule has 3 nitrogen and oxygen atoms in total. The molecular formula is C10H15NO2. The van der Waals surface area contributed by atoms with Gasteiger partial charge in [0.1, 0.15) is 0 Å². The average Bonchev–Trinajstić information content (AvgIpc) is 2.19. The van der Waals surface area contributed by atoms with Crippen LogP contribution in [0.4, 0.5) is 0 Å². The van der Waals surface area contributed by atoms with E-state index in [1.807, 2.05) is 0 Å². The fraction of sp³-hybridized carbons (Fsp3) is 0.900. The molecule has 0 aromatic carbocycles. The topological polar surface area (TPSA) is 52.8 Å². The Morgan fingerprint density at radius 2 is 1.92 bits per heavy atom. The first-order valence-corrected chi connectivity index (χ1v) is 5.21. The molecule has 5 aliphatic carbocycles. The Morgan fingerprint density at radius 3 is 2.54 bits per heavy atom. The van der Waals surface area contributed by atoms with Crippen LogP contribution in [-0.4, -0.2) is 22.1 Å². The number of nitrogens with zero attached hydrogens (tertiary/aromatic N) is 1. The molecule has 0 aromatic rings. The van der Waals surface area contributed by atoms with Crippen LogP contribution in [0.2, 0.25) is 0 Å². The second kappa shape index (κ2) is 2.47. The molecule has 2 N–H and O–H groups in total. The first kappa shape index (κ1) is 7.80. The van der Waals surface area contributed by atoms with Crippen LogP contribution < -0.4 is 0 Å². The minimum atomic E-state index is -0.440. The van der Waals surface area contributed by atoms with E-state index in [0.717, 1.165) is 12.8 Å². The van der Waals surface area contributed by atoms with Gasteiger partial charge in [0.25, 0.3) is 0 Å². The Morgan fingerprint density at radius 1 is 1.15 bits per heavy atom. The summed E-state index contributed by atoms with van der Waals surface area (Å²) in [7, 11) is 0. The lowest BCUT2D eigenvalue weighted by Gasteiger charge is -2.54. The fourth-order valence-electron chi connectivity index (χ4n) is 3.80. The molecule has 3 heteroatoms. The van der Waals surface area contributed by atoms with Crippen molar-refractivity contribution in [1.82, 2.24) is 0 Å². The highest BCUT2D eigenvalue weighted by Gasteiger charge is 2.53. The molecule has 0 saturated heterocycles. The summed E-state index contributed by atoms with van der Waals surface area (Å²) in [6, 6.07) is 0. The third kappa shape index (κ3) is 0.857. The van der Waals surface area contributed by atoms with E-state index < -0.39 is 6.10 Å². The van der Waals surface area contributed by atoms with Gasteiger partial charge in [-0.3, -0.25) is 0 Å². The summed E-state index contributed by atoms with van der Waals surface area (Å²) in [6.07, 6.45) is 4.44. The quantitative estimate of drug-likeness (QED) is 0.436. The predicted octanol–water partition coefficient (Wildman–Crippen LogP) is 1.24. The number of aliphatic hydroxyl groups is 1. The van der Waals surface area contributed by atoms with E-state index in [1.165, 1.54) is 12.8 Å². The van der Waals surface area contributed by atoms with Crippen molar-refractivity contribution in [2.24, 2.45) is 28.8 Å². The van der Waals surface area contributed by atoms with Gasteiger partial charge >= 0.3 is 0 Å². The largest absolute Gasteiger partial charge is 0.411 e. The van der Waals surface area contributed by atoms with Crippen molar-refractivity contribution in [2.45, 2.75) is 31.8 Å². The van der Waals surface area contributed by atoms with Crippen molar-refractivity contribution >= 4 is 5.71 Å². The highest BCUT2D eigenvalue weighted by atomic mass is 16.4. The molecule has 0 amide bonds. The summed E-state index contributed by atoms with van der Waals surface area (Å²) < 4.78 is 0. The normalized spacial score (nSPS) is 56.1. The van der Waals surface area contributed by atoms with Crippen LogP contribution >= 0.6 is 0 Å². The second-order valence-electron chi connectivity index (χ2n) is 4.81.